The lowest BCUT2D eigenvalue weighted by atomic mass is 10.00. The molecule has 1 aliphatic rings. The topological polar surface area (TPSA) is 73.6 Å². The van der Waals surface area contributed by atoms with Crippen LogP contribution in [0.2, 0.25) is 0 Å². The number of para-hydroxylation sites is 2. The van der Waals surface area contributed by atoms with E-state index >= 15 is 0 Å². The van der Waals surface area contributed by atoms with Crippen molar-refractivity contribution >= 4 is 11.6 Å². The van der Waals surface area contributed by atoms with Gasteiger partial charge in [-0.05, 0) is 30.9 Å². The molecule has 1 amide bonds. The van der Waals surface area contributed by atoms with E-state index in [0.717, 1.165) is 19.3 Å². The van der Waals surface area contributed by atoms with Crippen LogP contribution in [0.4, 0.5) is 5.69 Å². The Morgan fingerprint density at radius 1 is 1.33 bits per heavy atom. The fourth-order valence-electron chi connectivity index (χ4n) is 2.69. The van der Waals surface area contributed by atoms with Crippen LogP contribution >= 0.6 is 0 Å². The quantitative estimate of drug-likeness (QED) is 0.755. The predicted molar refractivity (Wildman–Crippen MR) is 82.4 cm³/mol. The molecule has 1 aromatic rings. The lowest BCUT2D eigenvalue weighted by Crippen LogP contribution is -2.28. The highest BCUT2D eigenvalue weighted by Gasteiger charge is 2.26. The molecule has 2 rings (SSSR count). The molecule has 1 aliphatic carbocycles. The summed E-state index contributed by atoms with van der Waals surface area (Å²) in [6, 6.07) is 7.59. The molecule has 0 bridgehead atoms. The fraction of sp³-hybridized carbons (Fsp3) is 0.562. The molecule has 0 heterocycles. The minimum Gasteiger partial charge on any atom is -0.489 e. The van der Waals surface area contributed by atoms with Crippen LogP contribution in [0.25, 0.3) is 0 Å². The number of nitrogens with one attached hydrogen (secondary N) is 1. The van der Waals surface area contributed by atoms with Gasteiger partial charge in [0.05, 0.1) is 12.3 Å². The Labute approximate surface area is 125 Å². The Hall–Kier alpha value is -1.59. The lowest BCUT2D eigenvalue weighted by molar-refractivity contribution is -0.117. The summed E-state index contributed by atoms with van der Waals surface area (Å²) in [7, 11) is 1.63. The van der Waals surface area contributed by atoms with E-state index in [4.69, 9.17) is 15.2 Å². The van der Waals surface area contributed by atoms with Crippen molar-refractivity contribution in [1.82, 2.24) is 0 Å². The number of methoxy groups -OCH3 is 1. The third-order valence-electron chi connectivity index (χ3n) is 3.87. The van der Waals surface area contributed by atoms with Crippen LogP contribution in [-0.2, 0) is 9.53 Å². The normalized spacial score (nSPS) is 21.2. The van der Waals surface area contributed by atoms with Crippen LogP contribution < -0.4 is 15.8 Å². The molecule has 0 spiro atoms. The maximum Gasteiger partial charge on any atom is 0.224 e. The molecule has 0 aliphatic heterocycles. The van der Waals surface area contributed by atoms with Crippen molar-refractivity contribution in [3.8, 4) is 5.75 Å². The number of carbonyl (C=O) groups is 1. The summed E-state index contributed by atoms with van der Waals surface area (Å²) in [6.07, 6.45) is 3.67. The SMILES string of the molecule is COCCOc1ccccc1NC(=O)C[C@@H]1CCC[C@H]1N. The van der Waals surface area contributed by atoms with E-state index in [1.54, 1.807) is 7.11 Å². The molecule has 5 heteroatoms. The first kappa shape index (κ1) is 15.8. The van der Waals surface area contributed by atoms with E-state index in [9.17, 15) is 4.79 Å². The molecule has 2 atom stereocenters. The molecule has 3 N–H and O–H groups in total. The van der Waals surface area contributed by atoms with Crippen molar-refractivity contribution in [3.05, 3.63) is 24.3 Å². The van der Waals surface area contributed by atoms with Gasteiger partial charge in [-0.15, -0.1) is 0 Å². The Morgan fingerprint density at radius 2 is 2.14 bits per heavy atom. The van der Waals surface area contributed by atoms with Crippen LogP contribution in [0.3, 0.4) is 0 Å². The van der Waals surface area contributed by atoms with Crippen molar-refractivity contribution in [2.45, 2.75) is 31.7 Å². The first-order valence-corrected chi connectivity index (χ1v) is 7.47. The standard InChI is InChI=1S/C16H24N2O3/c1-20-9-10-21-15-8-3-2-7-14(15)18-16(19)11-12-5-4-6-13(12)17/h2-3,7-8,12-13H,4-6,9-11,17H2,1H3,(H,18,19)/t12-,13+/m0/s1. The number of anilines is 1. The lowest BCUT2D eigenvalue weighted by Gasteiger charge is -2.16. The number of amides is 1. The van der Waals surface area contributed by atoms with Gasteiger partial charge in [-0.3, -0.25) is 4.79 Å². The third kappa shape index (κ3) is 4.72. The van der Waals surface area contributed by atoms with E-state index in [1.807, 2.05) is 24.3 Å². The largest absolute Gasteiger partial charge is 0.489 e. The molecule has 1 aromatic carbocycles. The summed E-state index contributed by atoms with van der Waals surface area (Å²) in [4.78, 5) is 12.1. The highest BCUT2D eigenvalue weighted by molar-refractivity contribution is 5.92. The number of rotatable bonds is 7. The Balaban J connectivity index is 1.90. The van der Waals surface area contributed by atoms with Gasteiger partial charge < -0.3 is 20.5 Å². The molecule has 21 heavy (non-hydrogen) atoms. The summed E-state index contributed by atoms with van der Waals surface area (Å²) >= 11 is 0. The Morgan fingerprint density at radius 3 is 2.86 bits per heavy atom. The summed E-state index contributed by atoms with van der Waals surface area (Å²) < 4.78 is 10.6. The molecular weight excluding hydrogens is 268 g/mol. The molecule has 1 fully saturated rings. The van der Waals surface area contributed by atoms with Crippen LogP contribution in [0.15, 0.2) is 24.3 Å². The zero-order valence-corrected chi connectivity index (χ0v) is 12.5. The zero-order valence-electron chi connectivity index (χ0n) is 12.5. The summed E-state index contributed by atoms with van der Waals surface area (Å²) in [5.41, 5.74) is 6.71. The first-order chi connectivity index (χ1) is 10.2. The molecule has 0 saturated heterocycles. The van der Waals surface area contributed by atoms with Gasteiger partial charge in [-0.25, -0.2) is 0 Å². The van der Waals surface area contributed by atoms with Gasteiger partial charge in [0.25, 0.3) is 0 Å². The van der Waals surface area contributed by atoms with E-state index in [-0.39, 0.29) is 11.9 Å². The second kappa shape index (κ2) is 8.00. The molecule has 0 radical (unpaired) electrons. The van der Waals surface area contributed by atoms with Crippen molar-refractivity contribution in [2.24, 2.45) is 11.7 Å². The molecular formula is C16H24N2O3. The number of hydrogen-bond donors (Lipinski definition) is 2. The Kier molecular flexibility index (Phi) is 6.02. The van der Waals surface area contributed by atoms with Gasteiger partial charge >= 0.3 is 0 Å². The maximum absolute atomic E-state index is 12.1. The monoisotopic (exact) mass is 292 g/mol. The highest BCUT2D eigenvalue weighted by atomic mass is 16.5. The maximum atomic E-state index is 12.1. The number of hydrogen-bond acceptors (Lipinski definition) is 4. The Bertz CT molecular complexity index is 465. The van der Waals surface area contributed by atoms with Crippen molar-refractivity contribution < 1.29 is 14.3 Å². The second-order valence-electron chi connectivity index (χ2n) is 5.44. The second-order valence-corrected chi connectivity index (χ2v) is 5.44. The zero-order chi connectivity index (χ0) is 15.1. The van der Waals surface area contributed by atoms with E-state index < -0.39 is 0 Å². The summed E-state index contributed by atoms with van der Waals surface area (Å²) in [6.45, 7) is 0.968. The minimum absolute atomic E-state index is 0.000131. The number of benzene rings is 1. The molecule has 5 nitrogen and oxygen atoms in total. The van der Waals surface area contributed by atoms with Crippen molar-refractivity contribution in [2.75, 3.05) is 25.6 Å². The average Bonchev–Trinajstić information content (AvgIpc) is 2.86. The van der Waals surface area contributed by atoms with Crippen LogP contribution in [0, 0.1) is 5.92 Å². The van der Waals surface area contributed by atoms with Gasteiger partial charge in [-0.2, -0.15) is 0 Å². The number of nitrogens with two attached hydrogens (primary N) is 1. The van der Waals surface area contributed by atoms with Gasteiger partial charge in [0.2, 0.25) is 5.91 Å². The van der Waals surface area contributed by atoms with Crippen LogP contribution in [-0.4, -0.2) is 32.3 Å². The van der Waals surface area contributed by atoms with Crippen molar-refractivity contribution in [3.63, 3.8) is 0 Å². The van der Waals surface area contributed by atoms with Crippen molar-refractivity contribution in [1.29, 1.82) is 0 Å². The van der Waals surface area contributed by atoms with E-state index in [0.29, 0.717) is 37.0 Å². The van der Waals surface area contributed by atoms with Gasteiger partial charge in [-0.1, -0.05) is 18.6 Å². The summed E-state index contributed by atoms with van der Waals surface area (Å²) in [5.74, 6) is 0.963. The van der Waals surface area contributed by atoms with E-state index in [2.05, 4.69) is 5.32 Å². The number of carbonyl (C=O) groups excluding carboxylic acids is 1. The predicted octanol–water partition coefficient (Wildman–Crippen LogP) is 2.17. The van der Waals surface area contributed by atoms with Gasteiger partial charge in [0, 0.05) is 19.6 Å². The molecule has 0 unspecified atom stereocenters. The first-order valence-electron chi connectivity index (χ1n) is 7.47. The fourth-order valence-corrected chi connectivity index (χ4v) is 2.69. The minimum atomic E-state index is 0.000131. The molecule has 0 aromatic heterocycles. The third-order valence-corrected chi connectivity index (χ3v) is 3.87. The highest BCUT2D eigenvalue weighted by Crippen LogP contribution is 2.28. The molecule has 1 saturated carbocycles. The summed E-state index contributed by atoms with van der Waals surface area (Å²) in [5, 5.41) is 2.92. The van der Waals surface area contributed by atoms with Gasteiger partial charge in [0.1, 0.15) is 12.4 Å². The van der Waals surface area contributed by atoms with Gasteiger partial charge in [0.15, 0.2) is 0 Å². The van der Waals surface area contributed by atoms with Crippen LogP contribution in [0.5, 0.6) is 5.75 Å². The smallest absolute Gasteiger partial charge is 0.224 e. The number of ether oxygens (including phenoxy) is 2. The average molecular weight is 292 g/mol. The van der Waals surface area contributed by atoms with Crippen LogP contribution in [0.1, 0.15) is 25.7 Å². The van der Waals surface area contributed by atoms with E-state index in [1.165, 1.54) is 0 Å². The molecule has 116 valence electrons.